The average Bonchev–Trinajstić information content (AvgIpc) is 2.84. The monoisotopic (exact) mass is 281 g/mol. The van der Waals surface area contributed by atoms with Gasteiger partial charge in [0.2, 0.25) is 0 Å². The number of hydrogen-bond acceptors (Lipinski definition) is 5. The summed E-state index contributed by atoms with van der Waals surface area (Å²) >= 11 is 1.22. The molecule has 102 valence electrons. The summed E-state index contributed by atoms with van der Waals surface area (Å²) in [7, 11) is 0. The largest absolute Gasteiger partial charge is 0.508 e. The summed E-state index contributed by atoms with van der Waals surface area (Å²) in [4.78, 5) is 22.2. The number of thioether (sulfide) groups is 1. The normalized spacial score (nSPS) is 26.3. The highest BCUT2D eigenvalue weighted by atomic mass is 32.2. The molecule has 5 nitrogen and oxygen atoms in total. The number of carbonyl (C=O) groups is 2. The predicted octanol–water partition coefficient (Wildman–Crippen LogP) is 1.31. The molecule has 19 heavy (non-hydrogen) atoms. The molecule has 1 saturated heterocycles. The number of para-hydroxylation sites is 1. The third-order valence-electron chi connectivity index (χ3n) is 3.14. The molecule has 6 heteroatoms. The highest BCUT2D eigenvalue weighted by molar-refractivity contribution is 8.01. The number of hydrogen-bond donors (Lipinski definition) is 3. The molecule has 0 aromatic heterocycles. The fraction of sp³-hybridized carbons (Fsp3) is 0.385. The van der Waals surface area contributed by atoms with E-state index in [4.69, 9.17) is 5.11 Å². The van der Waals surface area contributed by atoms with Gasteiger partial charge >= 0.3 is 5.97 Å². The number of carbonyl (C=O) groups excluding carboxylic acids is 1. The molecule has 0 aliphatic carbocycles. The van der Waals surface area contributed by atoms with E-state index in [-0.39, 0.29) is 23.7 Å². The Balaban J connectivity index is 2.46. The van der Waals surface area contributed by atoms with Crippen molar-refractivity contribution in [3.8, 4) is 5.75 Å². The van der Waals surface area contributed by atoms with Crippen LogP contribution in [0.3, 0.4) is 0 Å². The minimum Gasteiger partial charge on any atom is -0.508 e. The third-order valence-corrected chi connectivity index (χ3v) is 4.64. The fourth-order valence-electron chi connectivity index (χ4n) is 2.16. The van der Waals surface area contributed by atoms with Gasteiger partial charge in [-0.3, -0.25) is 14.9 Å². The van der Waals surface area contributed by atoms with Gasteiger partial charge < -0.3 is 10.2 Å². The molecule has 1 heterocycles. The van der Waals surface area contributed by atoms with Crippen LogP contribution in [0.5, 0.6) is 5.75 Å². The number of ketones is 1. The molecule has 0 amide bonds. The minimum atomic E-state index is -1.16. The molecule has 1 aromatic carbocycles. The maximum atomic E-state index is 12.3. The predicted molar refractivity (Wildman–Crippen MR) is 72.1 cm³/mol. The van der Waals surface area contributed by atoms with Crippen molar-refractivity contribution >= 4 is 23.5 Å². The average molecular weight is 281 g/mol. The molecule has 0 spiro atoms. The van der Waals surface area contributed by atoms with Crippen LogP contribution in [0.2, 0.25) is 0 Å². The van der Waals surface area contributed by atoms with E-state index in [1.807, 2.05) is 0 Å². The van der Waals surface area contributed by atoms with Crippen molar-refractivity contribution in [3.63, 3.8) is 0 Å². The maximum absolute atomic E-state index is 12.3. The van der Waals surface area contributed by atoms with Gasteiger partial charge in [-0.05, 0) is 6.07 Å². The van der Waals surface area contributed by atoms with Crippen LogP contribution in [0.25, 0.3) is 0 Å². The molecule has 0 bridgehead atoms. The second-order valence-electron chi connectivity index (χ2n) is 4.32. The lowest BCUT2D eigenvalue weighted by Gasteiger charge is -2.28. The number of aromatic hydroxyl groups is 1. The second-order valence-corrected chi connectivity index (χ2v) is 5.56. The summed E-state index contributed by atoms with van der Waals surface area (Å²) < 4.78 is 0. The smallest absolute Gasteiger partial charge is 0.321 e. The van der Waals surface area contributed by atoms with E-state index in [2.05, 4.69) is 5.32 Å². The standard InChI is InChI=1S/C13H15NO4S/c1-2-11(16)13(8-5-3-4-6-10(8)15)14-9(7-19-13)12(17)18/h3-6,9,14-15H,2,7H2,1H3,(H,17,18). The zero-order chi connectivity index (χ0) is 14.0. The first-order valence-electron chi connectivity index (χ1n) is 5.97. The Bertz CT molecular complexity index is 519. The molecule has 0 saturated carbocycles. The molecule has 2 atom stereocenters. The number of nitrogens with one attached hydrogen (secondary N) is 1. The summed E-state index contributed by atoms with van der Waals surface area (Å²) in [5.41, 5.74) is 0.426. The van der Waals surface area contributed by atoms with E-state index < -0.39 is 16.9 Å². The number of carboxylic acids is 1. The second kappa shape index (κ2) is 5.22. The van der Waals surface area contributed by atoms with Crippen LogP contribution in [0.15, 0.2) is 24.3 Å². The summed E-state index contributed by atoms with van der Waals surface area (Å²) in [6.45, 7) is 1.72. The molecule has 1 aliphatic heterocycles. The Morgan fingerprint density at radius 3 is 2.68 bits per heavy atom. The van der Waals surface area contributed by atoms with Crippen molar-refractivity contribution in [3.05, 3.63) is 29.8 Å². The van der Waals surface area contributed by atoms with E-state index in [1.165, 1.54) is 17.8 Å². The first kappa shape index (κ1) is 13.9. The van der Waals surface area contributed by atoms with E-state index in [0.29, 0.717) is 5.56 Å². The summed E-state index contributed by atoms with van der Waals surface area (Å²) in [5.74, 6) is -0.845. The molecule has 1 fully saturated rings. The quantitative estimate of drug-likeness (QED) is 0.771. The van der Waals surface area contributed by atoms with Crippen molar-refractivity contribution in [1.29, 1.82) is 0 Å². The van der Waals surface area contributed by atoms with E-state index >= 15 is 0 Å². The van der Waals surface area contributed by atoms with E-state index in [1.54, 1.807) is 25.1 Å². The number of phenolic OH excluding ortho intramolecular Hbond substituents is 1. The van der Waals surface area contributed by atoms with Gasteiger partial charge in [0.05, 0.1) is 0 Å². The van der Waals surface area contributed by atoms with Crippen LogP contribution in [0.4, 0.5) is 0 Å². The van der Waals surface area contributed by atoms with Gasteiger partial charge in [-0.2, -0.15) is 0 Å². The van der Waals surface area contributed by atoms with Crippen LogP contribution in [-0.2, 0) is 14.5 Å². The van der Waals surface area contributed by atoms with Crippen molar-refractivity contribution in [2.45, 2.75) is 24.3 Å². The minimum absolute atomic E-state index is 0.00432. The Morgan fingerprint density at radius 1 is 1.47 bits per heavy atom. The van der Waals surface area contributed by atoms with Crippen molar-refractivity contribution in [2.24, 2.45) is 0 Å². The lowest BCUT2D eigenvalue weighted by atomic mass is 9.98. The highest BCUT2D eigenvalue weighted by Crippen LogP contribution is 2.44. The zero-order valence-electron chi connectivity index (χ0n) is 10.4. The Labute approximate surface area is 115 Å². The fourth-order valence-corrected chi connectivity index (χ4v) is 3.66. The van der Waals surface area contributed by atoms with Gasteiger partial charge in [0.15, 0.2) is 10.7 Å². The molecule has 1 aliphatic rings. The lowest BCUT2D eigenvalue weighted by molar-refractivity contribution is -0.139. The van der Waals surface area contributed by atoms with Gasteiger partial charge in [-0.15, -0.1) is 11.8 Å². The topological polar surface area (TPSA) is 86.6 Å². The van der Waals surface area contributed by atoms with Gasteiger partial charge in [0.1, 0.15) is 11.8 Å². The van der Waals surface area contributed by atoms with Crippen molar-refractivity contribution in [2.75, 3.05) is 5.75 Å². The number of phenols is 1. The van der Waals surface area contributed by atoms with Gasteiger partial charge in [-0.25, -0.2) is 0 Å². The number of benzene rings is 1. The van der Waals surface area contributed by atoms with Gasteiger partial charge in [-0.1, -0.05) is 25.1 Å². The molecular weight excluding hydrogens is 266 g/mol. The number of Topliss-reactive ketones (excluding diaryl/α,β-unsaturated/α-hetero) is 1. The zero-order valence-corrected chi connectivity index (χ0v) is 11.2. The van der Waals surface area contributed by atoms with Crippen molar-refractivity contribution in [1.82, 2.24) is 5.32 Å². The van der Waals surface area contributed by atoms with Crippen LogP contribution in [0.1, 0.15) is 18.9 Å². The first-order valence-corrected chi connectivity index (χ1v) is 6.96. The van der Waals surface area contributed by atoms with E-state index in [0.717, 1.165) is 0 Å². The van der Waals surface area contributed by atoms with Crippen molar-refractivity contribution < 1.29 is 19.8 Å². The number of rotatable bonds is 4. The number of aliphatic carboxylic acids is 1. The SMILES string of the molecule is CCC(=O)C1(c2ccccc2O)NC(C(=O)O)CS1. The highest BCUT2D eigenvalue weighted by Gasteiger charge is 2.49. The molecule has 2 unspecified atom stereocenters. The summed E-state index contributed by atoms with van der Waals surface area (Å²) in [6.07, 6.45) is 0.265. The molecular formula is C13H15NO4S. The summed E-state index contributed by atoms with van der Waals surface area (Å²) in [5, 5.41) is 21.9. The molecule has 2 rings (SSSR count). The van der Waals surface area contributed by atoms with Crippen LogP contribution < -0.4 is 5.32 Å². The van der Waals surface area contributed by atoms with Gasteiger partial charge in [0.25, 0.3) is 0 Å². The number of carboxylic acid groups (broad SMARTS) is 1. The third kappa shape index (κ3) is 2.33. The first-order chi connectivity index (χ1) is 9.01. The maximum Gasteiger partial charge on any atom is 0.321 e. The van der Waals surface area contributed by atoms with Gasteiger partial charge in [0, 0.05) is 17.7 Å². The Morgan fingerprint density at radius 2 is 2.16 bits per heavy atom. The Hall–Kier alpha value is -1.53. The van der Waals surface area contributed by atoms with Crippen LogP contribution in [-0.4, -0.2) is 33.8 Å². The van der Waals surface area contributed by atoms with Crippen LogP contribution >= 0.6 is 11.8 Å². The van der Waals surface area contributed by atoms with E-state index in [9.17, 15) is 14.7 Å². The van der Waals surface area contributed by atoms with Crippen LogP contribution in [0, 0.1) is 0 Å². The lowest BCUT2D eigenvalue weighted by Crippen LogP contribution is -2.48. The summed E-state index contributed by atoms with van der Waals surface area (Å²) in [6, 6.07) is 5.73. The Kier molecular flexibility index (Phi) is 3.82. The molecule has 1 aromatic rings. The molecule has 0 radical (unpaired) electrons. The molecule has 3 N–H and O–H groups in total.